The van der Waals surface area contributed by atoms with Crippen LogP contribution in [0.15, 0.2) is 23.1 Å². The summed E-state index contributed by atoms with van der Waals surface area (Å²) < 4.78 is 0. The third-order valence-corrected chi connectivity index (χ3v) is 4.55. The number of thioether (sulfide) groups is 1. The summed E-state index contributed by atoms with van der Waals surface area (Å²) in [7, 11) is 0. The maximum Gasteiger partial charge on any atom is 0.0542 e. The minimum atomic E-state index is 0.620. The van der Waals surface area contributed by atoms with Gasteiger partial charge in [0.25, 0.3) is 0 Å². The number of unbranched alkanes of at least 4 members (excludes halogenated alkanes) is 1. The van der Waals surface area contributed by atoms with E-state index in [0.717, 1.165) is 27.2 Å². The molecule has 0 radical (unpaired) electrons. The molecule has 0 fully saturated rings. The van der Waals surface area contributed by atoms with E-state index in [1.54, 1.807) is 11.8 Å². The molecule has 0 aliphatic carbocycles. The quantitative estimate of drug-likeness (QED) is 0.520. The fourth-order valence-electron chi connectivity index (χ4n) is 1.77. The van der Waals surface area contributed by atoms with Crippen molar-refractivity contribution in [2.75, 3.05) is 12.3 Å². The summed E-state index contributed by atoms with van der Waals surface area (Å²) in [6, 6.07) is 6.25. The maximum atomic E-state index is 6.11. The highest BCUT2D eigenvalue weighted by Gasteiger charge is 2.03. The average Bonchev–Trinajstić information content (AvgIpc) is 2.33. The fourth-order valence-corrected chi connectivity index (χ4v) is 3.28. The van der Waals surface area contributed by atoms with Crippen molar-refractivity contribution in [2.45, 2.75) is 44.0 Å². The molecule has 0 heterocycles. The van der Waals surface area contributed by atoms with Crippen LogP contribution in [0.5, 0.6) is 0 Å². The number of hydrogen-bond donors (Lipinski definition) is 1. The van der Waals surface area contributed by atoms with Crippen molar-refractivity contribution in [3.05, 3.63) is 28.2 Å². The predicted molar refractivity (Wildman–Crippen MR) is 84.2 cm³/mol. The summed E-state index contributed by atoms with van der Waals surface area (Å²) in [6.07, 6.45) is 3.69. The lowest BCUT2D eigenvalue weighted by molar-refractivity contribution is 0.510. The van der Waals surface area contributed by atoms with Gasteiger partial charge in [-0.2, -0.15) is 0 Å². The second-order valence-electron chi connectivity index (χ2n) is 4.38. The molecule has 1 aromatic carbocycles. The lowest BCUT2D eigenvalue weighted by Gasteiger charge is -2.11. The van der Waals surface area contributed by atoms with Gasteiger partial charge in [-0.05, 0) is 50.3 Å². The van der Waals surface area contributed by atoms with Gasteiger partial charge in [0.1, 0.15) is 0 Å². The molecule has 0 saturated heterocycles. The lowest BCUT2D eigenvalue weighted by Crippen LogP contribution is -2.25. The minimum Gasteiger partial charge on any atom is -0.315 e. The molecule has 1 rings (SSSR count). The molecule has 4 heteroatoms. The molecular weight excluding hydrogens is 285 g/mol. The first-order valence-corrected chi connectivity index (χ1v) is 8.19. The van der Waals surface area contributed by atoms with Crippen LogP contribution >= 0.6 is 35.0 Å². The second kappa shape index (κ2) is 9.08. The molecule has 0 aromatic heterocycles. The first-order chi connectivity index (χ1) is 8.63. The van der Waals surface area contributed by atoms with Crippen molar-refractivity contribution in [3.8, 4) is 0 Å². The second-order valence-corrected chi connectivity index (χ2v) is 6.36. The van der Waals surface area contributed by atoms with Crippen molar-refractivity contribution in [3.63, 3.8) is 0 Å². The topological polar surface area (TPSA) is 12.0 Å². The van der Waals surface area contributed by atoms with E-state index >= 15 is 0 Å². The number of rotatable bonds is 8. The molecule has 1 N–H and O–H groups in total. The number of benzene rings is 1. The summed E-state index contributed by atoms with van der Waals surface area (Å²) >= 11 is 13.9. The zero-order valence-electron chi connectivity index (χ0n) is 11.0. The molecule has 1 atom stereocenters. The summed E-state index contributed by atoms with van der Waals surface area (Å²) in [6.45, 7) is 5.44. The van der Waals surface area contributed by atoms with Crippen LogP contribution in [0.25, 0.3) is 0 Å². The SMILES string of the molecule is CCNC(C)CCCCSc1cc(Cl)ccc1Cl. The third-order valence-electron chi connectivity index (χ3n) is 2.73. The van der Waals surface area contributed by atoms with Crippen LogP contribution in [-0.2, 0) is 0 Å². The van der Waals surface area contributed by atoms with Gasteiger partial charge >= 0.3 is 0 Å². The summed E-state index contributed by atoms with van der Waals surface area (Å²) in [4.78, 5) is 1.09. The van der Waals surface area contributed by atoms with Gasteiger partial charge < -0.3 is 5.32 Å². The molecule has 0 bridgehead atoms. The van der Waals surface area contributed by atoms with Crippen LogP contribution in [0.3, 0.4) is 0 Å². The molecule has 1 unspecified atom stereocenters. The van der Waals surface area contributed by atoms with Gasteiger partial charge in [-0.15, -0.1) is 11.8 Å². The van der Waals surface area contributed by atoms with Crippen molar-refractivity contribution >= 4 is 35.0 Å². The molecule has 0 aliphatic heterocycles. The molecule has 0 aliphatic rings. The molecular formula is C14H21Cl2NS. The van der Waals surface area contributed by atoms with E-state index in [1.807, 2.05) is 18.2 Å². The van der Waals surface area contributed by atoms with Crippen LogP contribution < -0.4 is 5.32 Å². The normalized spacial score (nSPS) is 12.7. The largest absolute Gasteiger partial charge is 0.315 e. The van der Waals surface area contributed by atoms with E-state index in [-0.39, 0.29) is 0 Å². The zero-order valence-corrected chi connectivity index (χ0v) is 13.3. The Kier molecular flexibility index (Phi) is 8.16. The van der Waals surface area contributed by atoms with E-state index in [0.29, 0.717) is 6.04 Å². The van der Waals surface area contributed by atoms with Crippen molar-refractivity contribution in [1.29, 1.82) is 0 Å². The van der Waals surface area contributed by atoms with Crippen LogP contribution in [-0.4, -0.2) is 18.3 Å². The van der Waals surface area contributed by atoms with Gasteiger partial charge in [0, 0.05) is 16.0 Å². The Morgan fingerprint density at radius 2 is 2.06 bits per heavy atom. The number of halogens is 2. The molecule has 0 spiro atoms. The van der Waals surface area contributed by atoms with Crippen LogP contribution in [0.4, 0.5) is 0 Å². The molecule has 0 amide bonds. The zero-order chi connectivity index (χ0) is 13.4. The van der Waals surface area contributed by atoms with Crippen LogP contribution in [0.1, 0.15) is 33.1 Å². The highest BCUT2D eigenvalue weighted by molar-refractivity contribution is 7.99. The number of hydrogen-bond acceptors (Lipinski definition) is 2. The Balaban J connectivity index is 2.19. The Labute approximate surface area is 125 Å². The van der Waals surface area contributed by atoms with E-state index in [4.69, 9.17) is 23.2 Å². The predicted octanol–water partition coefficient (Wildman–Crippen LogP) is 5.25. The van der Waals surface area contributed by atoms with Crippen LogP contribution in [0.2, 0.25) is 10.0 Å². The first kappa shape index (κ1) is 16.2. The third kappa shape index (κ3) is 6.33. The van der Waals surface area contributed by atoms with Crippen molar-refractivity contribution in [2.24, 2.45) is 0 Å². The molecule has 18 heavy (non-hydrogen) atoms. The Morgan fingerprint density at radius 1 is 1.28 bits per heavy atom. The maximum absolute atomic E-state index is 6.11. The van der Waals surface area contributed by atoms with Gasteiger partial charge in [-0.1, -0.05) is 36.5 Å². The highest BCUT2D eigenvalue weighted by atomic mass is 35.5. The summed E-state index contributed by atoms with van der Waals surface area (Å²) in [5, 5.41) is 4.97. The van der Waals surface area contributed by atoms with Gasteiger partial charge in [-0.25, -0.2) is 0 Å². The van der Waals surface area contributed by atoms with E-state index in [9.17, 15) is 0 Å². The highest BCUT2D eigenvalue weighted by Crippen LogP contribution is 2.30. The van der Waals surface area contributed by atoms with Crippen molar-refractivity contribution in [1.82, 2.24) is 5.32 Å². The lowest BCUT2D eigenvalue weighted by atomic mass is 10.1. The van der Waals surface area contributed by atoms with Crippen LogP contribution in [0, 0.1) is 0 Å². The molecule has 1 nitrogen and oxygen atoms in total. The van der Waals surface area contributed by atoms with E-state index < -0.39 is 0 Å². The van der Waals surface area contributed by atoms with Crippen molar-refractivity contribution < 1.29 is 0 Å². The van der Waals surface area contributed by atoms with Gasteiger partial charge in [0.05, 0.1) is 5.02 Å². The molecule has 0 saturated carbocycles. The Bertz CT molecular complexity index is 358. The summed E-state index contributed by atoms with van der Waals surface area (Å²) in [5.41, 5.74) is 0. The standard InChI is InChI=1S/C14H21Cl2NS/c1-3-17-11(2)6-4-5-9-18-14-10-12(15)7-8-13(14)16/h7-8,10-11,17H,3-6,9H2,1-2H3. The van der Waals surface area contributed by atoms with E-state index in [2.05, 4.69) is 19.2 Å². The van der Waals surface area contributed by atoms with Gasteiger partial charge in [-0.3, -0.25) is 0 Å². The Morgan fingerprint density at radius 3 is 2.78 bits per heavy atom. The average molecular weight is 306 g/mol. The fraction of sp³-hybridized carbons (Fsp3) is 0.571. The molecule has 1 aromatic rings. The van der Waals surface area contributed by atoms with Gasteiger partial charge in [0.15, 0.2) is 0 Å². The number of nitrogens with one attached hydrogen (secondary N) is 1. The molecule has 102 valence electrons. The minimum absolute atomic E-state index is 0.620. The van der Waals surface area contributed by atoms with E-state index in [1.165, 1.54) is 19.3 Å². The Hall–Kier alpha value is 0.110. The smallest absolute Gasteiger partial charge is 0.0542 e. The summed E-state index contributed by atoms with van der Waals surface area (Å²) in [5.74, 6) is 1.10. The first-order valence-electron chi connectivity index (χ1n) is 6.44. The monoisotopic (exact) mass is 305 g/mol. The van der Waals surface area contributed by atoms with Gasteiger partial charge in [0.2, 0.25) is 0 Å².